The predicted molar refractivity (Wildman–Crippen MR) is 128 cm³/mol. The summed E-state index contributed by atoms with van der Waals surface area (Å²) in [4.78, 5) is 32.7. The summed E-state index contributed by atoms with van der Waals surface area (Å²) in [6.07, 6.45) is 5.83. The number of allylic oxidation sites excluding steroid dienone is 1. The van der Waals surface area contributed by atoms with Crippen molar-refractivity contribution < 1.29 is 14.3 Å². The molecular formula is C22H20ClN3O4S2. The molecule has 0 saturated carbocycles. The Kier molecular flexibility index (Phi) is 5.88. The smallest absolute Gasteiger partial charge is 0.263 e. The van der Waals surface area contributed by atoms with E-state index in [1.54, 1.807) is 34.1 Å². The van der Waals surface area contributed by atoms with Gasteiger partial charge in [-0.1, -0.05) is 29.4 Å². The van der Waals surface area contributed by atoms with Gasteiger partial charge in [0.2, 0.25) is 12.7 Å². The SMILES string of the molecule is C=CCn1c(SCC(=O)Nc2cc3c(cc2Cl)OCO3)nc2sc3c(c2c1=O)CCCC3. The van der Waals surface area contributed by atoms with Gasteiger partial charge in [-0.15, -0.1) is 17.9 Å². The molecule has 5 rings (SSSR count). The number of hydrogen-bond donors (Lipinski definition) is 1. The Bertz CT molecular complexity index is 1300. The van der Waals surface area contributed by atoms with Gasteiger partial charge in [-0.3, -0.25) is 14.2 Å². The third-order valence-corrected chi connectivity index (χ3v) is 7.90. The number of rotatable bonds is 6. The van der Waals surface area contributed by atoms with E-state index in [-0.39, 0.29) is 24.0 Å². The van der Waals surface area contributed by atoms with Crippen molar-refractivity contribution in [3.8, 4) is 11.5 Å². The predicted octanol–water partition coefficient (Wildman–Crippen LogP) is 4.64. The molecule has 0 bridgehead atoms. The van der Waals surface area contributed by atoms with Crippen LogP contribution in [0.4, 0.5) is 5.69 Å². The van der Waals surface area contributed by atoms with Crippen LogP contribution in [0.1, 0.15) is 23.3 Å². The number of benzene rings is 1. The van der Waals surface area contributed by atoms with Crippen LogP contribution < -0.4 is 20.3 Å². The highest BCUT2D eigenvalue weighted by Gasteiger charge is 2.23. The van der Waals surface area contributed by atoms with Crippen molar-refractivity contribution in [1.29, 1.82) is 0 Å². The Morgan fingerprint density at radius 2 is 2.09 bits per heavy atom. The van der Waals surface area contributed by atoms with E-state index in [1.807, 2.05) is 0 Å². The molecule has 1 N–H and O–H groups in total. The molecule has 10 heteroatoms. The van der Waals surface area contributed by atoms with Gasteiger partial charge in [0.15, 0.2) is 16.7 Å². The van der Waals surface area contributed by atoms with E-state index >= 15 is 0 Å². The molecule has 3 heterocycles. The van der Waals surface area contributed by atoms with Crippen LogP contribution in [0.3, 0.4) is 0 Å². The van der Waals surface area contributed by atoms with Crippen LogP contribution in [0.5, 0.6) is 11.5 Å². The number of thiophene rings is 1. The molecule has 166 valence electrons. The lowest BCUT2D eigenvalue weighted by molar-refractivity contribution is -0.113. The fraction of sp³-hybridized carbons (Fsp3) is 0.318. The molecule has 1 aliphatic heterocycles. The molecule has 0 fully saturated rings. The Balaban J connectivity index is 1.39. The number of amides is 1. The van der Waals surface area contributed by atoms with Gasteiger partial charge in [-0.05, 0) is 31.2 Å². The van der Waals surface area contributed by atoms with Crippen molar-refractivity contribution in [3.05, 3.63) is 50.6 Å². The molecule has 0 radical (unpaired) electrons. The summed E-state index contributed by atoms with van der Waals surface area (Å²) in [5.74, 6) is 0.893. The Hall–Kier alpha value is -2.49. The van der Waals surface area contributed by atoms with Crippen molar-refractivity contribution >= 4 is 56.5 Å². The van der Waals surface area contributed by atoms with Gasteiger partial charge in [0.1, 0.15) is 4.83 Å². The minimum Gasteiger partial charge on any atom is -0.454 e. The monoisotopic (exact) mass is 489 g/mol. The van der Waals surface area contributed by atoms with Crippen LogP contribution in [0.2, 0.25) is 5.02 Å². The van der Waals surface area contributed by atoms with Crippen LogP contribution >= 0.6 is 34.7 Å². The lowest BCUT2D eigenvalue weighted by Crippen LogP contribution is -2.24. The number of nitrogens with one attached hydrogen (secondary N) is 1. The number of aryl methyl sites for hydroxylation is 2. The molecule has 0 atom stereocenters. The number of carbonyl (C=O) groups excluding carboxylic acids is 1. The maximum absolute atomic E-state index is 13.3. The topological polar surface area (TPSA) is 82.5 Å². The Morgan fingerprint density at radius 3 is 2.91 bits per heavy atom. The molecule has 7 nitrogen and oxygen atoms in total. The fourth-order valence-electron chi connectivity index (χ4n) is 3.95. The van der Waals surface area contributed by atoms with Gasteiger partial charge in [-0.25, -0.2) is 4.98 Å². The Labute approximate surface area is 197 Å². The van der Waals surface area contributed by atoms with Crippen molar-refractivity contribution in [3.63, 3.8) is 0 Å². The highest BCUT2D eigenvalue weighted by atomic mass is 35.5. The first-order chi connectivity index (χ1) is 15.5. The van der Waals surface area contributed by atoms with Crippen molar-refractivity contribution in [2.75, 3.05) is 17.9 Å². The van der Waals surface area contributed by atoms with E-state index in [1.165, 1.54) is 16.6 Å². The molecule has 1 aliphatic carbocycles. The maximum atomic E-state index is 13.3. The number of halogens is 1. The number of aromatic nitrogens is 2. The minimum absolute atomic E-state index is 0.0592. The van der Waals surface area contributed by atoms with Gasteiger partial charge >= 0.3 is 0 Å². The first-order valence-electron chi connectivity index (χ1n) is 10.2. The molecule has 0 unspecified atom stereocenters. The zero-order chi connectivity index (χ0) is 22.2. The molecule has 0 saturated heterocycles. The first kappa shape index (κ1) is 21.4. The lowest BCUT2D eigenvalue weighted by Gasteiger charge is -2.12. The lowest BCUT2D eigenvalue weighted by atomic mass is 9.97. The molecule has 3 aromatic rings. The van der Waals surface area contributed by atoms with E-state index in [4.69, 9.17) is 26.1 Å². The zero-order valence-corrected chi connectivity index (χ0v) is 19.5. The summed E-state index contributed by atoms with van der Waals surface area (Å²) < 4.78 is 12.2. The largest absolute Gasteiger partial charge is 0.454 e. The van der Waals surface area contributed by atoms with Gasteiger partial charge in [-0.2, -0.15) is 0 Å². The number of fused-ring (bicyclic) bond motifs is 4. The summed E-state index contributed by atoms with van der Waals surface area (Å²) >= 11 is 9.06. The number of nitrogens with zero attached hydrogens (tertiary/aromatic N) is 2. The standard InChI is InChI=1S/C22H20ClN3O4S2/c1-2-7-26-21(28)19-12-5-3-4-6-17(12)32-20(19)25-22(26)31-10-18(27)24-14-9-16-15(8-13(14)23)29-11-30-16/h2,8-9H,1,3-7,10-11H2,(H,24,27). The molecule has 0 spiro atoms. The number of ether oxygens (including phenoxy) is 2. The average molecular weight is 490 g/mol. The summed E-state index contributed by atoms with van der Waals surface area (Å²) in [5, 5.41) is 4.39. The maximum Gasteiger partial charge on any atom is 0.263 e. The van der Waals surface area contributed by atoms with Gasteiger partial charge in [0.25, 0.3) is 5.56 Å². The van der Waals surface area contributed by atoms with Crippen molar-refractivity contribution in [2.45, 2.75) is 37.4 Å². The van der Waals surface area contributed by atoms with Crippen LogP contribution in [0, 0.1) is 0 Å². The van der Waals surface area contributed by atoms with Crippen molar-refractivity contribution in [1.82, 2.24) is 9.55 Å². The second-order valence-corrected chi connectivity index (χ2v) is 9.95. The van der Waals surface area contributed by atoms with E-state index in [0.717, 1.165) is 41.5 Å². The Morgan fingerprint density at radius 1 is 1.31 bits per heavy atom. The van der Waals surface area contributed by atoms with Crippen LogP contribution in [0.15, 0.2) is 34.7 Å². The molecule has 1 aromatic carbocycles. The van der Waals surface area contributed by atoms with Crippen LogP contribution in [-0.2, 0) is 24.2 Å². The van der Waals surface area contributed by atoms with E-state index in [9.17, 15) is 9.59 Å². The first-order valence-corrected chi connectivity index (χ1v) is 12.4. The number of hydrogen-bond acceptors (Lipinski definition) is 7. The average Bonchev–Trinajstić information content (AvgIpc) is 3.38. The van der Waals surface area contributed by atoms with Crippen LogP contribution in [0.25, 0.3) is 10.2 Å². The second-order valence-electron chi connectivity index (χ2n) is 7.51. The van der Waals surface area contributed by atoms with E-state index < -0.39 is 0 Å². The zero-order valence-electron chi connectivity index (χ0n) is 17.1. The number of carbonyl (C=O) groups is 1. The minimum atomic E-state index is -0.263. The molecular weight excluding hydrogens is 470 g/mol. The number of thioether (sulfide) groups is 1. The molecule has 2 aliphatic rings. The second kappa shape index (κ2) is 8.80. The third kappa shape index (κ3) is 3.89. The molecule has 32 heavy (non-hydrogen) atoms. The highest BCUT2D eigenvalue weighted by Crippen LogP contribution is 2.39. The van der Waals surface area contributed by atoms with Gasteiger partial charge in [0, 0.05) is 23.6 Å². The third-order valence-electron chi connectivity index (χ3n) is 5.42. The van der Waals surface area contributed by atoms with Crippen LogP contribution in [-0.4, -0.2) is 28.0 Å². The van der Waals surface area contributed by atoms with Gasteiger partial charge in [0.05, 0.1) is 21.8 Å². The normalized spacial score (nSPS) is 14.4. The summed E-state index contributed by atoms with van der Waals surface area (Å²) in [5.41, 5.74) is 1.54. The molecule has 1 amide bonds. The van der Waals surface area contributed by atoms with Crippen molar-refractivity contribution in [2.24, 2.45) is 0 Å². The summed E-state index contributed by atoms with van der Waals surface area (Å²) in [7, 11) is 0. The van der Waals surface area contributed by atoms with Gasteiger partial charge < -0.3 is 14.8 Å². The van der Waals surface area contributed by atoms with E-state index in [0.29, 0.717) is 33.9 Å². The molecule has 2 aromatic heterocycles. The number of anilines is 1. The van der Waals surface area contributed by atoms with E-state index in [2.05, 4.69) is 11.9 Å². The summed E-state index contributed by atoms with van der Waals surface area (Å²) in [6.45, 7) is 4.24. The summed E-state index contributed by atoms with van der Waals surface area (Å²) in [6, 6.07) is 3.25. The quantitative estimate of drug-likeness (QED) is 0.308. The highest BCUT2D eigenvalue weighted by molar-refractivity contribution is 7.99. The fourth-order valence-corrected chi connectivity index (χ4v) is 6.26.